The van der Waals surface area contributed by atoms with Crippen LogP contribution in [0.3, 0.4) is 0 Å². The van der Waals surface area contributed by atoms with Gasteiger partial charge in [0.25, 0.3) is 11.7 Å². The van der Waals surface area contributed by atoms with Gasteiger partial charge < -0.3 is 29.1 Å². The van der Waals surface area contributed by atoms with Crippen LogP contribution in [-0.4, -0.2) is 74.1 Å². The van der Waals surface area contributed by atoms with Crippen LogP contribution in [0.2, 0.25) is 0 Å². The summed E-state index contributed by atoms with van der Waals surface area (Å²) in [5.41, 5.74) is 0.966. The molecule has 0 radical (unpaired) electrons. The Labute approximate surface area is 206 Å². The van der Waals surface area contributed by atoms with Crippen molar-refractivity contribution in [3.05, 3.63) is 59.2 Å². The van der Waals surface area contributed by atoms with E-state index in [1.807, 2.05) is 0 Å². The zero-order valence-corrected chi connectivity index (χ0v) is 21.0. The van der Waals surface area contributed by atoms with Gasteiger partial charge in [-0.15, -0.1) is 0 Å². The van der Waals surface area contributed by atoms with Crippen molar-refractivity contribution < 1.29 is 28.9 Å². The van der Waals surface area contributed by atoms with E-state index >= 15 is 0 Å². The summed E-state index contributed by atoms with van der Waals surface area (Å²) in [5, 5.41) is 11.3. The van der Waals surface area contributed by atoms with Crippen LogP contribution in [0.25, 0.3) is 5.76 Å². The van der Waals surface area contributed by atoms with E-state index in [-0.39, 0.29) is 11.3 Å². The number of methoxy groups -OCH3 is 3. The van der Waals surface area contributed by atoms with Crippen molar-refractivity contribution in [3.63, 3.8) is 0 Å². The second kappa shape index (κ2) is 11.8. The highest BCUT2D eigenvalue weighted by molar-refractivity contribution is 6.46. The van der Waals surface area contributed by atoms with Crippen LogP contribution in [0.1, 0.15) is 37.4 Å². The van der Waals surface area contributed by atoms with Crippen LogP contribution >= 0.6 is 0 Å². The molecule has 35 heavy (non-hydrogen) atoms. The van der Waals surface area contributed by atoms with Crippen LogP contribution in [0.4, 0.5) is 0 Å². The Balaban J connectivity index is 2.15. The van der Waals surface area contributed by atoms with Crippen molar-refractivity contribution in [1.29, 1.82) is 0 Å². The summed E-state index contributed by atoms with van der Waals surface area (Å²) in [7, 11) is 4.56. The average Bonchev–Trinajstić information content (AvgIpc) is 3.14. The van der Waals surface area contributed by atoms with E-state index in [0.29, 0.717) is 41.3 Å². The highest BCUT2D eigenvalue weighted by Gasteiger charge is 2.47. The number of benzene rings is 2. The maximum Gasteiger partial charge on any atom is 0.295 e. The molecule has 0 aliphatic carbocycles. The molecule has 3 rings (SSSR count). The molecule has 1 fully saturated rings. The first-order valence-corrected chi connectivity index (χ1v) is 11.8. The number of para-hydroxylation sites is 1. The Morgan fingerprint density at radius 1 is 1.00 bits per heavy atom. The van der Waals surface area contributed by atoms with Crippen molar-refractivity contribution in [2.75, 3.05) is 47.5 Å². The molecule has 0 unspecified atom stereocenters. The van der Waals surface area contributed by atoms with E-state index in [0.717, 1.165) is 19.6 Å². The molecule has 1 aliphatic heterocycles. The van der Waals surface area contributed by atoms with Crippen LogP contribution in [0, 0.1) is 0 Å². The molecule has 2 aromatic rings. The van der Waals surface area contributed by atoms with Gasteiger partial charge in [-0.1, -0.05) is 38.1 Å². The summed E-state index contributed by atoms with van der Waals surface area (Å²) < 4.78 is 16.4. The molecule has 2 aromatic carbocycles. The molecule has 0 aromatic heterocycles. The normalized spacial score (nSPS) is 17.2. The molecule has 8 nitrogen and oxygen atoms in total. The SMILES string of the molecule is CCN(CC)CCCN1C(=O)C(=O)C(=C(O)c2cccc(OC)c2)[C@H]1c1cccc(OC)c1OC. The first-order chi connectivity index (χ1) is 16.9. The number of aliphatic hydroxyl groups excluding tert-OH is 1. The molecule has 1 N–H and O–H groups in total. The van der Waals surface area contributed by atoms with Gasteiger partial charge in [-0.05, 0) is 44.3 Å². The van der Waals surface area contributed by atoms with Crippen molar-refractivity contribution in [2.45, 2.75) is 26.3 Å². The van der Waals surface area contributed by atoms with Gasteiger partial charge in [0, 0.05) is 17.7 Å². The number of nitrogens with zero attached hydrogens (tertiary/aromatic N) is 2. The summed E-state index contributed by atoms with van der Waals surface area (Å²) in [4.78, 5) is 30.3. The maximum absolute atomic E-state index is 13.3. The van der Waals surface area contributed by atoms with Crippen molar-refractivity contribution in [3.8, 4) is 17.2 Å². The number of hydrogen-bond donors (Lipinski definition) is 1. The molecule has 1 aliphatic rings. The number of ether oxygens (including phenoxy) is 3. The lowest BCUT2D eigenvalue weighted by atomic mass is 9.94. The van der Waals surface area contributed by atoms with E-state index in [9.17, 15) is 14.7 Å². The molecule has 0 saturated carbocycles. The molecule has 1 saturated heterocycles. The zero-order chi connectivity index (χ0) is 25.5. The predicted molar refractivity (Wildman–Crippen MR) is 134 cm³/mol. The Morgan fingerprint density at radius 3 is 2.34 bits per heavy atom. The van der Waals surface area contributed by atoms with Gasteiger partial charge >= 0.3 is 0 Å². The van der Waals surface area contributed by atoms with Gasteiger partial charge in [-0.25, -0.2) is 0 Å². The van der Waals surface area contributed by atoms with Crippen LogP contribution in [0.5, 0.6) is 17.2 Å². The lowest BCUT2D eigenvalue weighted by Crippen LogP contribution is -2.33. The lowest BCUT2D eigenvalue weighted by molar-refractivity contribution is -0.140. The number of likely N-dealkylation sites (tertiary alicyclic amines) is 1. The Morgan fingerprint density at radius 2 is 1.71 bits per heavy atom. The molecule has 1 amide bonds. The zero-order valence-electron chi connectivity index (χ0n) is 21.0. The molecule has 8 heteroatoms. The smallest absolute Gasteiger partial charge is 0.295 e. The fraction of sp³-hybridized carbons (Fsp3) is 0.407. The van der Waals surface area contributed by atoms with E-state index in [2.05, 4.69) is 18.7 Å². The highest BCUT2D eigenvalue weighted by Crippen LogP contribution is 2.45. The fourth-order valence-electron chi connectivity index (χ4n) is 4.49. The Hall–Kier alpha value is -3.52. The second-order valence-electron chi connectivity index (χ2n) is 8.19. The Kier molecular flexibility index (Phi) is 8.76. The number of carbonyl (C=O) groups is 2. The van der Waals surface area contributed by atoms with Crippen LogP contribution < -0.4 is 14.2 Å². The monoisotopic (exact) mass is 482 g/mol. The van der Waals surface area contributed by atoms with Crippen LogP contribution in [-0.2, 0) is 9.59 Å². The average molecular weight is 483 g/mol. The standard InChI is InChI=1S/C27H34N2O6/c1-6-28(7-2)15-10-16-29-23(20-13-9-14-21(34-4)26(20)35-5)22(25(31)27(29)32)24(30)18-11-8-12-19(17-18)33-3/h8-9,11-14,17,23,30H,6-7,10,15-16H2,1-5H3/t23-/m1/s1. The number of amides is 1. The number of Topliss-reactive ketones (excluding diaryl/α,β-unsaturated/α-hetero) is 1. The summed E-state index contributed by atoms with van der Waals surface area (Å²) in [6.45, 7) is 7.11. The van der Waals surface area contributed by atoms with Crippen molar-refractivity contribution in [1.82, 2.24) is 9.80 Å². The number of hydrogen-bond acceptors (Lipinski definition) is 7. The predicted octanol–water partition coefficient (Wildman–Crippen LogP) is 3.87. The summed E-state index contributed by atoms with van der Waals surface area (Å²) in [6, 6.07) is 11.2. The van der Waals surface area contributed by atoms with Gasteiger partial charge in [0.2, 0.25) is 0 Å². The van der Waals surface area contributed by atoms with E-state index in [1.54, 1.807) is 42.5 Å². The molecule has 0 bridgehead atoms. The molecular weight excluding hydrogens is 448 g/mol. The number of carbonyl (C=O) groups excluding carboxylic acids is 2. The summed E-state index contributed by atoms with van der Waals surface area (Å²) >= 11 is 0. The first kappa shape index (κ1) is 26.1. The van der Waals surface area contributed by atoms with Gasteiger partial charge in [-0.2, -0.15) is 0 Å². The quantitative estimate of drug-likeness (QED) is 0.296. The van der Waals surface area contributed by atoms with Gasteiger partial charge in [0.05, 0.1) is 32.9 Å². The van der Waals surface area contributed by atoms with Gasteiger partial charge in [0.15, 0.2) is 11.5 Å². The van der Waals surface area contributed by atoms with Crippen LogP contribution in [0.15, 0.2) is 48.0 Å². The first-order valence-electron chi connectivity index (χ1n) is 11.8. The molecule has 188 valence electrons. The number of rotatable bonds is 11. The largest absolute Gasteiger partial charge is 0.507 e. The minimum Gasteiger partial charge on any atom is -0.507 e. The van der Waals surface area contributed by atoms with Crippen molar-refractivity contribution >= 4 is 17.4 Å². The molecule has 0 spiro atoms. The third kappa shape index (κ3) is 5.27. The number of aliphatic hydroxyl groups is 1. The van der Waals surface area contributed by atoms with E-state index in [1.165, 1.54) is 26.2 Å². The summed E-state index contributed by atoms with van der Waals surface area (Å²) in [6.07, 6.45) is 0.677. The van der Waals surface area contributed by atoms with E-state index in [4.69, 9.17) is 14.2 Å². The molecule has 1 atom stereocenters. The molecule has 1 heterocycles. The minimum atomic E-state index is -0.831. The second-order valence-corrected chi connectivity index (χ2v) is 8.19. The topological polar surface area (TPSA) is 88.5 Å². The number of ketones is 1. The third-order valence-corrected chi connectivity index (χ3v) is 6.38. The highest BCUT2D eigenvalue weighted by atomic mass is 16.5. The van der Waals surface area contributed by atoms with E-state index < -0.39 is 17.7 Å². The minimum absolute atomic E-state index is 0.0117. The maximum atomic E-state index is 13.3. The van der Waals surface area contributed by atoms with Gasteiger partial charge in [-0.3, -0.25) is 9.59 Å². The third-order valence-electron chi connectivity index (χ3n) is 6.38. The fourth-order valence-corrected chi connectivity index (χ4v) is 4.49. The lowest BCUT2D eigenvalue weighted by Gasteiger charge is -2.28. The molecular formula is C27H34N2O6. The van der Waals surface area contributed by atoms with Gasteiger partial charge in [0.1, 0.15) is 11.5 Å². The van der Waals surface area contributed by atoms with Crippen molar-refractivity contribution in [2.24, 2.45) is 0 Å². The summed E-state index contributed by atoms with van der Waals surface area (Å²) in [5.74, 6) is -0.236. The Bertz CT molecular complexity index is 1090.